The molecule has 0 radical (unpaired) electrons. The standard InChI is InChI=1S/C7H18N4O2/c1-7(2,12-5-3-8)13-6-4-10-11-9/h3-6,8H2,1-2H3,(H2,9,10). The first-order valence-corrected chi connectivity index (χ1v) is 4.17. The highest BCUT2D eigenvalue weighted by molar-refractivity contribution is 4.54. The molecule has 0 amide bonds. The van der Waals surface area contributed by atoms with E-state index in [4.69, 9.17) is 21.1 Å². The lowest BCUT2D eigenvalue weighted by molar-refractivity contribution is -0.209. The van der Waals surface area contributed by atoms with Gasteiger partial charge in [-0.15, -0.1) is 0 Å². The summed E-state index contributed by atoms with van der Waals surface area (Å²) in [6, 6.07) is 0. The van der Waals surface area contributed by atoms with Crippen LogP contribution >= 0.6 is 0 Å². The Labute approximate surface area is 78.3 Å². The third-order valence-corrected chi connectivity index (χ3v) is 1.29. The van der Waals surface area contributed by atoms with Crippen LogP contribution in [0.2, 0.25) is 0 Å². The molecule has 0 fully saturated rings. The van der Waals surface area contributed by atoms with E-state index in [1.54, 1.807) is 0 Å². The lowest BCUT2D eigenvalue weighted by Gasteiger charge is -2.24. The second-order valence-corrected chi connectivity index (χ2v) is 2.87. The van der Waals surface area contributed by atoms with Gasteiger partial charge in [-0.25, -0.2) is 0 Å². The van der Waals surface area contributed by atoms with Crippen molar-refractivity contribution in [3.63, 3.8) is 0 Å². The van der Waals surface area contributed by atoms with Crippen LogP contribution in [0.3, 0.4) is 0 Å². The SMILES string of the molecule is CC(C)(OCCN)OCCN=NN. The van der Waals surface area contributed by atoms with Crippen LogP contribution in [0.1, 0.15) is 13.8 Å². The van der Waals surface area contributed by atoms with Gasteiger partial charge in [0.25, 0.3) is 0 Å². The predicted molar refractivity (Wildman–Crippen MR) is 48.9 cm³/mol. The number of ether oxygens (including phenoxy) is 2. The second kappa shape index (κ2) is 6.76. The van der Waals surface area contributed by atoms with Gasteiger partial charge in [0.1, 0.15) is 0 Å². The first kappa shape index (κ1) is 12.3. The molecule has 0 spiro atoms. The molecule has 0 aliphatic carbocycles. The molecule has 0 bridgehead atoms. The van der Waals surface area contributed by atoms with Crippen molar-refractivity contribution in [2.75, 3.05) is 26.3 Å². The van der Waals surface area contributed by atoms with E-state index < -0.39 is 5.79 Å². The Morgan fingerprint density at radius 2 is 1.85 bits per heavy atom. The number of nitrogens with zero attached hydrogens (tertiary/aromatic N) is 2. The van der Waals surface area contributed by atoms with Crippen molar-refractivity contribution in [2.45, 2.75) is 19.6 Å². The Kier molecular flexibility index (Phi) is 6.38. The number of hydrogen-bond donors (Lipinski definition) is 2. The molecule has 0 unspecified atom stereocenters. The molecule has 0 atom stereocenters. The third-order valence-electron chi connectivity index (χ3n) is 1.29. The van der Waals surface area contributed by atoms with E-state index in [-0.39, 0.29) is 0 Å². The van der Waals surface area contributed by atoms with Crippen LogP contribution in [-0.2, 0) is 9.47 Å². The molecule has 0 rings (SSSR count). The molecule has 0 saturated carbocycles. The van der Waals surface area contributed by atoms with E-state index in [2.05, 4.69) is 10.3 Å². The van der Waals surface area contributed by atoms with Crippen LogP contribution < -0.4 is 11.6 Å². The van der Waals surface area contributed by atoms with Gasteiger partial charge in [-0.2, -0.15) is 5.11 Å². The summed E-state index contributed by atoms with van der Waals surface area (Å²) in [4.78, 5) is 0. The quantitative estimate of drug-likeness (QED) is 0.195. The summed E-state index contributed by atoms with van der Waals surface area (Å²) in [6.45, 7) is 5.47. The summed E-state index contributed by atoms with van der Waals surface area (Å²) < 4.78 is 10.7. The summed E-state index contributed by atoms with van der Waals surface area (Å²) in [5, 5.41) is 6.65. The lowest BCUT2D eigenvalue weighted by atomic mass is 10.4. The van der Waals surface area contributed by atoms with Gasteiger partial charge < -0.3 is 21.1 Å². The first-order valence-electron chi connectivity index (χ1n) is 4.17. The highest BCUT2D eigenvalue weighted by Crippen LogP contribution is 2.09. The fourth-order valence-corrected chi connectivity index (χ4v) is 0.736. The monoisotopic (exact) mass is 190 g/mol. The lowest BCUT2D eigenvalue weighted by Crippen LogP contribution is -2.31. The Bertz CT molecular complexity index is 149. The predicted octanol–water partition coefficient (Wildman–Crippen LogP) is 0.0403. The van der Waals surface area contributed by atoms with E-state index in [0.717, 1.165) is 0 Å². The van der Waals surface area contributed by atoms with Crippen LogP contribution in [0.4, 0.5) is 0 Å². The molecule has 0 saturated heterocycles. The molecule has 0 heterocycles. The largest absolute Gasteiger partial charge is 0.349 e. The Morgan fingerprint density at radius 3 is 2.38 bits per heavy atom. The van der Waals surface area contributed by atoms with E-state index in [1.807, 2.05) is 13.8 Å². The molecule has 78 valence electrons. The molecule has 0 aromatic carbocycles. The van der Waals surface area contributed by atoms with Gasteiger partial charge in [-0.1, -0.05) is 5.22 Å². The zero-order valence-corrected chi connectivity index (χ0v) is 8.19. The topological polar surface area (TPSA) is 95.2 Å². The molecule has 0 aliphatic heterocycles. The molecule has 13 heavy (non-hydrogen) atoms. The van der Waals surface area contributed by atoms with Gasteiger partial charge in [0.15, 0.2) is 5.79 Å². The Hall–Kier alpha value is -0.720. The summed E-state index contributed by atoms with van der Waals surface area (Å²) in [5.41, 5.74) is 5.28. The smallest absolute Gasteiger partial charge is 0.162 e. The Balaban J connectivity index is 3.49. The van der Waals surface area contributed by atoms with E-state index in [1.165, 1.54) is 0 Å². The molecule has 6 heteroatoms. The summed E-state index contributed by atoms with van der Waals surface area (Å²) in [5.74, 6) is 4.19. The molecule has 6 nitrogen and oxygen atoms in total. The van der Waals surface area contributed by atoms with Gasteiger partial charge in [0, 0.05) is 6.54 Å². The summed E-state index contributed by atoms with van der Waals surface area (Å²) >= 11 is 0. The molecular formula is C7H18N4O2. The van der Waals surface area contributed by atoms with Gasteiger partial charge >= 0.3 is 0 Å². The van der Waals surface area contributed by atoms with Crippen LogP contribution in [0.15, 0.2) is 10.3 Å². The molecule has 0 aromatic heterocycles. The molecule has 0 aliphatic rings. The van der Waals surface area contributed by atoms with Crippen molar-refractivity contribution in [3.8, 4) is 0 Å². The van der Waals surface area contributed by atoms with Gasteiger partial charge in [0.05, 0.1) is 19.8 Å². The first-order chi connectivity index (χ1) is 6.12. The zero-order chi connectivity index (χ0) is 10.2. The van der Waals surface area contributed by atoms with Crippen molar-refractivity contribution >= 4 is 0 Å². The summed E-state index contributed by atoms with van der Waals surface area (Å²) in [7, 11) is 0. The second-order valence-electron chi connectivity index (χ2n) is 2.87. The van der Waals surface area contributed by atoms with Crippen LogP contribution in [0.5, 0.6) is 0 Å². The van der Waals surface area contributed by atoms with E-state index in [0.29, 0.717) is 26.3 Å². The maximum Gasteiger partial charge on any atom is 0.162 e. The molecule has 4 N–H and O–H groups in total. The van der Waals surface area contributed by atoms with Crippen molar-refractivity contribution < 1.29 is 9.47 Å². The highest BCUT2D eigenvalue weighted by Gasteiger charge is 2.17. The number of hydrogen-bond acceptors (Lipinski definition) is 5. The maximum absolute atomic E-state index is 5.35. The molecule has 0 aromatic rings. The van der Waals surface area contributed by atoms with Crippen molar-refractivity contribution in [1.82, 2.24) is 0 Å². The minimum Gasteiger partial charge on any atom is -0.349 e. The van der Waals surface area contributed by atoms with E-state index >= 15 is 0 Å². The highest BCUT2D eigenvalue weighted by atomic mass is 16.7. The van der Waals surface area contributed by atoms with Gasteiger partial charge in [-0.3, -0.25) is 0 Å². The van der Waals surface area contributed by atoms with Crippen LogP contribution in [0, 0.1) is 0 Å². The Morgan fingerprint density at radius 1 is 1.23 bits per heavy atom. The number of nitrogens with two attached hydrogens (primary N) is 2. The number of rotatable bonds is 7. The fraction of sp³-hybridized carbons (Fsp3) is 1.00. The zero-order valence-electron chi connectivity index (χ0n) is 8.19. The van der Waals surface area contributed by atoms with Crippen molar-refractivity contribution in [3.05, 3.63) is 0 Å². The van der Waals surface area contributed by atoms with Gasteiger partial charge in [0.2, 0.25) is 0 Å². The average molecular weight is 190 g/mol. The maximum atomic E-state index is 5.35. The van der Waals surface area contributed by atoms with Crippen LogP contribution in [0.25, 0.3) is 0 Å². The normalized spacial score (nSPS) is 12.5. The summed E-state index contributed by atoms with van der Waals surface area (Å²) in [6.07, 6.45) is 0. The third kappa shape index (κ3) is 7.63. The van der Waals surface area contributed by atoms with Crippen molar-refractivity contribution in [1.29, 1.82) is 0 Å². The molecular weight excluding hydrogens is 172 g/mol. The van der Waals surface area contributed by atoms with Crippen LogP contribution in [-0.4, -0.2) is 32.1 Å². The van der Waals surface area contributed by atoms with E-state index in [9.17, 15) is 0 Å². The minimum atomic E-state index is -0.622. The van der Waals surface area contributed by atoms with Crippen molar-refractivity contribution in [2.24, 2.45) is 21.9 Å². The average Bonchev–Trinajstić information content (AvgIpc) is 2.09. The minimum absolute atomic E-state index is 0.429. The fourth-order valence-electron chi connectivity index (χ4n) is 0.736. The van der Waals surface area contributed by atoms with Gasteiger partial charge in [-0.05, 0) is 13.8 Å².